The molecule has 2 N–H and O–H groups in total. The zero-order valence-corrected chi connectivity index (χ0v) is 16.9. The molecular weight excluding hydrogens is 336 g/mol. The molecule has 4 aliphatic carbocycles. The lowest BCUT2D eigenvalue weighted by Gasteiger charge is -2.66. The number of rotatable bonds is 3. The third-order valence-corrected chi connectivity index (χ3v) is 9.67. The summed E-state index contributed by atoms with van der Waals surface area (Å²) in [5, 5.41) is 22.7. The minimum Gasteiger partial charge on any atom is -0.392 e. The highest BCUT2D eigenvalue weighted by Crippen LogP contribution is 2.83. The molecule has 148 valence electrons. The van der Waals surface area contributed by atoms with E-state index in [2.05, 4.69) is 45.0 Å². The molecule has 3 heteroatoms. The highest BCUT2D eigenvalue weighted by Gasteiger charge is 2.82. The number of hydrogen-bond donors (Lipinski definition) is 2. The van der Waals surface area contributed by atoms with Crippen LogP contribution in [0.25, 0.3) is 0 Å². The summed E-state index contributed by atoms with van der Waals surface area (Å²) in [7, 11) is 0. The second-order valence-corrected chi connectivity index (χ2v) is 10.6. The van der Waals surface area contributed by atoms with Gasteiger partial charge in [0.2, 0.25) is 0 Å². The monoisotopic (exact) mass is 370 g/mol. The maximum Gasteiger partial charge on any atom is 0.0781 e. The highest BCUT2D eigenvalue weighted by atomic mass is 16.5. The van der Waals surface area contributed by atoms with Gasteiger partial charge in [-0.05, 0) is 61.3 Å². The second-order valence-electron chi connectivity index (χ2n) is 10.6. The minimum atomic E-state index is -0.781. The summed E-state index contributed by atoms with van der Waals surface area (Å²) >= 11 is 0. The predicted molar refractivity (Wildman–Crippen MR) is 105 cm³/mol. The van der Waals surface area contributed by atoms with E-state index in [1.807, 2.05) is 6.07 Å². The van der Waals surface area contributed by atoms with Gasteiger partial charge in [-0.25, -0.2) is 0 Å². The van der Waals surface area contributed by atoms with Gasteiger partial charge in [0.25, 0.3) is 0 Å². The highest BCUT2D eigenvalue weighted by molar-refractivity contribution is 5.30. The van der Waals surface area contributed by atoms with Crippen molar-refractivity contribution >= 4 is 0 Å². The quantitative estimate of drug-likeness (QED) is 0.833. The Morgan fingerprint density at radius 2 is 1.81 bits per heavy atom. The van der Waals surface area contributed by atoms with Crippen LogP contribution in [0, 0.1) is 28.1 Å². The van der Waals surface area contributed by atoms with Crippen LogP contribution in [-0.4, -0.2) is 28.0 Å². The summed E-state index contributed by atoms with van der Waals surface area (Å²) in [5.41, 5.74) is 0.124. The van der Waals surface area contributed by atoms with Crippen molar-refractivity contribution in [3.8, 4) is 0 Å². The van der Waals surface area contributed by atoms with Crippen LogP contribution < -0.4 is 0 Å². The predicted octanol–water partition coefficient (Wildman–Crippen LogP) is 4.31. The maximum atomic E-state index is 12.0. The summed E-state index contributed by atoms with van der Waals surface area (Å²) < 4.78 is 6.43. The van der Waals surface area contributed by atoms with Crippen molar-refractivity contribution in [2.45, 2.75) is 83.7 Å². The minimum absolute atomic E-state index is 0.110. The number of benzene rings is 1. The number of fused-ring (bicyclic) bond motifs is 1. The molecule has 0 amide bonds. The lowest BCUT2D eigenvalue weighted by molar-refractivity contribution is -0.271. The molecule has 4 fully saturated rings. The first kappa shape index (κ1) is 18.1. The number of ether oxygens (including phenoxy) is 1. The molecule has 0 radical (unpaired) electrons. The van der Waals surface area contributed by atoms with Gasteiger partial charge in [0, 0.05) is 10.8 Å². The fourth-order valence-corrected chi connectivity index (χ4v) is 7.89. The van der Waals surface area contributed by atoms with Crippen molar-refractivity contribution in [2.24, 2.45) is 28.1 Å². The van der Waals surface area contributed by atoms with Crippen molar-refractivity contribution in [3.05, 3.63) is 35.9 Å². The first-order chi connectivity index (χ1) is 12.8. The molecular formula is C24H34O3. The van der Waals surface area contributed by atoms with Gasteiger partial charge in [0.05, 0.1) is 24.4 Å². The Balaban J connectivity index is 1.41. The van der Waals surface area contributed by atoms with Gasteiger partial charge >= 0.3 is 0 Å². The fourth-order valence-electron chi connectivity index (χ4n) is 7.89. The number of hydrogen-bond acceptors (Lipinski definition) is 3. The molecule has 0 aromatic heterocycles. The van der Waals surface area contributed by atoms with Crippen molar-refractivity contribution < 1.29 is 14.9 Å². The van der Waals surface area contributed by atoms with E-state index in [9.17, 15) is 10.2 Å². The molecule has 7 atom stereocenters. The standard InChI is InChI=1S/C24H34O3/c1-21(2)20(25)10-11-22(3)23-14-18(23)19(13-17(23)9-12-24(21,22)26)27-15-16-7-5-4-6-8-16/h4-8,17-20,25-26H,9-15H2,1-3H3/t17-,18+,19+,20+,22+,23+,24+/m0/s1. The molecule has 1 aromatic carbocycles. The van der Waals surface area contributed by atoms with Gasteiger partial charge in [-0.1, -0.05) is 51.1 Å². The van der Waals surface area contributed by atoms with E-state index >= 15 is 0 Å². The van der Waals surface area contributed by atoms with E-state index < -0.39 is 17.1 Å². The molecule has 0 aliphatic heterocycles. The lowest BCUT2D eigenvalue weighted by atomic mass is 9.42. The summed E-state index contributed by atoms with van der Waals surface area (Å²) in [4.78, 5) is 0. The molecule has 0 saturated heterocycles. The molecule has 1 spiro atoms. The Morgan fingerprint density at radius 3 is 2.56 bits per heavy atom. The molecule has 0 heterocycles. The molecule has 4 aliphatic rings. The van der Waals surface area contributed by atoms with Crippen LogP contribution in [-0.2, 0) is 11.3 Å². The average Bonchev–Trinajstić information content (AvgIpc) is 3.33. The second kappa shape index (κ2) is 5.58. The van der Waals surface area contributed by atoms with Gasteiger partial charge in [-0.15, -0.1) is 0 Å². The van der Waals surface area contributed by atoms with Gasteiger partial charge in [0.15, 0.2) is 0 Å². The number of aliphatic hydroxyl groups excluding tert-OH is 1. The van der Waals surface area contributed by atoms with Crippen LogP contribution in [0.15, 0.2) is 30.3 Å². The Bertz CT molecular complexity index is 730. The van der Waals surface area contributed by atoms with Crippen LogP contribution in [0.5, 0.6) is 0 Å². The van der Waals surface area contributed by atoms with Crippen LogP contribution in [0.4, 0.5) is 0 Å². The first-order valence-corrected chi connectivity index (χ1v) is 10.8. The normalized spacial score (nSPS) is 49.8. The van der Waals surface area contributed by atoms with Gasteiger partial charge in [-0.3, -0.25) is 0 Å². The van der Waals surface area contributed by atoms with E-state index in [0.29, 0.717) is 24.5 Å². The van der Waals surface area contributed by atoms with Crippen LogP contribution in [0.1, 0.15) is 64.9 Å². The van der Waals surface area contributed by atoms with E-state index in [1.54, 1.807) is 0 Å². The van der Waals surface area contributed by atoms with Gasteiger partial charge in [0.1, 0.15) is 0 Å². The zero-order valence-electron chi connectivity index (χ0n) is 16.9. The van der Waals surface area contributed by atoms with Crippen molar-refractivity contribution in [2.75, 3.05) is 0 Å². The smallest absolute Gasteiger partial charge is 0.0781 e. The Morgan fingerprint density at radius 1 is 1.07 bits per heavy atom. The first-order valence-electron chi connectivity index (χ1n) is 10.8. The Kier molecular flexibility index (Phi) is 3.75. The maximum absolute atomic E-state index is 12.0. The topological polar surface area (TPSA) is 49.7 Å². The van der Waals surface area contributed by atoms with E-state index in [-0.39, 0.29) is 10.8 Å². The van der Waals surface area contributed by atoms with E-state index in [4.69, 9.17) is 4.74 Å². The molecule has 5 rings (SSSR count). The zero-order chi connectivity index (χ0) is 19.1. The molecule has 0 bridgehead atoms. The van der Waals surface area contributed by atoms with Crippen LogP contribution >= 0.6 is 0 Å². The van der Waals surface area contributed by atoms with E-state index in [0.717, 1.165) is 32.1 Å². The third-order valence-electron chi connectivity index (χ3n) is 9.67. The largest absolute Gasteiger partial charge is 0.392 e. The van der Waals surface area contributed by atoms with Gasteiger partial charge < -0.3 is 14.9 Å². The summed E-state index contributed by atoms with van der Waals surface area (Å²) in [5.74, 6) is 1.24. The summed E-state index contributed by atoms with van der Waals surface area (Å²) in [6.45, 7) is 7.20. The third kappa shape index (κ3) is 2.09. The van der Waals surface area contributed by atoms with Crippen molar-refractivity contribution in [1.82, 2.24) is 0 Å². The summed E-state index contributed by atoms with van der Waals surface area (Å²) in [6, 6.07) is 10.5. The lowest BCUT2D eigenvalue weighted by Crippen LogP contribution is -2.69. The fraction of sp³-hybridized carbons (Fsp3) is 0.750. The molecule has 3 nitrogen and oxygen atoms in total. The van der Waals surface area contributed by atoms with Crippen LogP contribution in [0.3, 0.4) is 0 Å². The van der Waals surface area contributed by atoms with Crippen LogP contribution in [0.2, 0.25) is 0 Å². The molecule has 1 aromatic rings. The van der Waals surface area contributed by atoms with Gasteiger partial charge in [-0.2, -0.15) is 0 Å². The van der Waals surface area contributed by atoms with Crippen molar-refractivity contribution in [1.29, 1.82) is 0 Å². The SMILES string of the molecule is CC1(C)[C@H](O)CC[C@]2(C)[C@@]34C[C@@H]3[C@H](OCc3ccccc3)C[C@@H]4CC[C@@]12O. The molecule has 0 unspecified atom stereocenters. The Labute approximate surface area is 163 Å². The summed E-state index contributed by atoms with van der Waals surface area (Å²) in [6.07, 6.45) is 5.89. The van der Waals surface area contributed by atoms with Crippen molar-refractivity contribution in [3.63, 3.8) is 0 Å². The average molecular weight is 371 g/mol. The Hall–Kier alpha value is -0.900. The number of aliphatic hydroxyl groups is 2. The molecule has 4 saturated carbocycles. The van der Waals surface area contributed by atoms with E-state index in [1.165, 1.54) is 12.0 Å². The molecule has 27 heavy (non-hydrogen) atoms.